The molecule has 1 fully saturated rings. The maximum atomic E-state index is 5.35. The molecule has 1 unspecified atom stereocenters. The SMILES string of the molecule is C.C.C.C.C=CCOCCOCCCOCC1CO1. The van der Waals surface area contributed by atoms with Gasteiger partial charge in [-0.2, -0.15) is 0 Å². The van der Waals surface area contributed by atoms with Gasteiger partial charge in [0, 0.05) is 13.2 Å². The van der Waals surface area contributed by atoms with Crippen molar-refractivity contribution < 1.29 is 18.9 Å². The number of hydrogen-bond donors (Lipinski definition) is 0. The number of epoxide rings is 1. The van der Waals surface area contributed by atoms with E-state index in [-0.39, 0.29) is 29.7 Å². The topological polar surface area (TPSA) is 40.2 Å². The molecule has 1 aliphatic rings. The van der Waals surface area contributed by atoms with Gasteiger partial charge in [0.15, 0.2) is 0 Å². The summed E-state index contributed by atoms with van der Waals surface area (Å²) in [7, 11) is 0. The van der Waals surface area contributed by atoms with Gasteiger partial charge in [0.25, 0.3) is 0 Å². The molecule has 0 saturated carbocycles. The smallest absolute Gasteiger partial charge is 0.104 e. The summed E-state index contributed by atoms with van der Waals surface area (Å²) in [6.07, 6.45) is 3.01. The van der Waals surface area contributed by atoms with E-state index >= 15 is 0 Å². The Balaban J connectivity index is -0.000000281. The summed E-state index contributed by atoms with van der Waals surface area (Å²) in [4.78, 5) is 0. The first-order chi connectivity index (χ1) is 7.43. The second kappa shape index (κ2) is 19.9. The van der Waals surface area contributed by atoms with Gasteiger partial charge >= 0.3 is 0 Å². The van der Waals surface area contributed by atoms with Crippen LogP contribution in [0.15, 0.2) is 12.7 Å². The second-order valence-corrected chi connectivity index (χ2v) is 3.36. The minimum absolute atomic E-state index is 0. The highest BCUT2D eigenvalue weighted by molar-refractivity contribution is 4.67. The summed E-state index contributed by atoms with van der Waals surface area (Å²) in [6.45, 7) is 8.46. The van der Waals surface area contributed by atoms with Gasteiger partial charge in [-0.15, -0.1) is 6.58 Å². The average Bonchev–Trinajstić information content (AvgIpc) is 3.05. The molecule has 0 aromatic rings. The highest BCUT2D eigenvalue weighted by Gasteiger charge is 2.21. The molecule has 1 saturated heterocycles. The number of rotatable bonds is 11. The van der Waals surface area contributed by atoms with Gasteiger partial charge in [-0.1, -0.05) is 35.8 Å². The first-order valence-electron chi connectivity index (χ1n) is 5.39. The van der Waals surface area contributed by atoms with Gasteiger partial charge in [0.1, 0.15) is 6.10 Å². The van der Waals surface area contributed by atoms with Crippen LogP contribution in [-0.2, 0) is 18.9 Å². The maximum Gasteiger partial charge on any atom is 0.104 e. The third-order valence-corrected chi connectivity index (χ3v) is 1.89. The zero-order chi connectivity index (χ0) is 10.8. The molecule has 1 heterocycles. The van der Waals surface area contributed by atoms with Gasteiger partial charge in [0.05, 0.1) is 33.0 Å². The van der Waals surface area contributed by atoms with E-state index in [1.165, 1.54) is 0 Å². The first kappa shape index (κ1) is 27.0. The van der Waals surface area contributed by atoms with Crippen LogP contribution < -0.4 is 0 Å². The van der Waals surface area contributed by atoms with Crippen molar-refractivity contribution in [2.24, 2.45) is 0 Å². The Kier molecular flexibility index (Phi) is 28.3. The lowest BCUT2D eigenvalue weighted by Crippen LogP contribution is -2.08. The molecule has 1 atom stereocenters. The summed E-state index contributed by atoms with van der Waals surface area (Å²) < 4.78 is 20.9. The van der Waals surface area contributed by atoms with Gasteiger partial charge in [-0.25, -0.2) is 0 Å². The Morgan fingerprint density at radius 2 is 1.53 bits per heavy atom. The summed E-state index contributed by atoms with van der Waals surface area (Å²) in [5, 5.41) is 0. The molecule has 19 heavy (non-hydrogen) atoms. The minimum Gasteiger partial charge on any atom is -0.379 e. The first-order valence-corrected chi connectivity index (χ1v) is 5.39. The number of hydrogen-bond acceptors (Lipinski definition) is 4. The Bertz CT molecular complexity index is 158. The Labute approximate surface area is 121 Å². The van der Waals surface area contributed by atoms with Crippen LogP contribution in [0.5, 0.6) is 0 Å². The molecule has 0 bridgehead atoms. The summed E-state index contributed by atoms with van der Waals surface area (Å²) in [5.41, 5.74) is 0. The van der Waals surface area contributed by atoms with E-state index in [9.17, 15) is 0 Å². The zero-order valence-corrected chi connectivity index (χ0v) is 9.15. The molecule has 120 valence electrons. The molecular formula is C15H36O4. The fraction of sp³-hybridized carbons (Fsp3) is 0.867. The minimum atomic E-state index is 0. The van der Waals surface area contributed by atoms with Gasteiger partial charge in [-0.3, -0.25) is 0 Å². The lowest BCUT2D eigenvalue weighted by atomic mass is 10.5. The summed E-state index contributed by atoms with van der Waals surface area (Å²) in [6, 6.07) is 0. The monoisotopic (exact) mass is 280 g/mol. The van der Waals surface area contributed by atoms with E-state index < -0.39 is 0 Å². The predicted molar refractivity (Wildman–Crippen MR) is 83.9 cm³/mol. The normalized spacial score (nSPS) is 15.1. The largest absolute Gasteiger partial charge is 0.379 e. The van der Waals surface area contributed by atoms with Crippen LogP contribution in [0, 0.1) is 0 Å². The summed E-state index contributed by atoms with van der Waals surface area (Å²) in [5.74, 6) is 0. The average molecular weight is 280 g/mol. The standard InChI is InChI=1S/C11H20O4.4CH4/c1-2-4-12-7-8-13-5-3-6-14-9-11-10-15-11;;;;/h2,11H,1,3-10H2;4*1H4. The molecule has 0 aliphatic carbocycles. The Hall–Kier alpha value is -0.420. The molecule has 4 nitrogen and oxygen atoms in total. The molecule has 4 heteroatoms. The van der Waals surface area contributed by atoms with E-state index in [1.807, 2.05) is 0 Å². The van der Waals surface area contributed by atoms with E-state index in [4.69, 9.17) is 18.9 Å². The molecule has 0 spiro atoms. The fourth-order valence-corrected chi connectivity index (χ4v) is 1.03. The van der Waals surface area contributed by atoms with Crippen LogP contribution in [0.2, 0.25) is 0 Å². The predicted octanol–water partition coefficient (Wildman–Crippen LogP) is 3.56. The van der Waals surface area contributed by atoms with Crippen molar-refractivity contribution in [2.75, 3.05) is 46.2 Å². The van der Waals surface area contributed by atoms with E-state index in [0.29, 0.717) is 25.9 Å². The van der Waals surface area contributed by atoms with Crippen LogP contribution in [0.25, 0.3) is 0 Å². The van der Waals surface area contributed by atoms with E-state index in [0.717, 1.165) is 32.8 Å². The molecule has 0 aromatic heterocycles. The quantitative estimate of drug-likeness (QED) is 0.330. The van der Waals surface area contributed by atoms with Crippen molar-refractivity contribution in [1.82, 2.24) is 0 Å². The van der Waals surface area contributed by atoms with Crippen molar-refractivity contribution in [2.45, 2.75) is 42.2 Å². The van der Waals surface area contributed by atoms with Crippen molar-refractivity contribution >= 4 is 0 Å². The second-order valence-electron chi connectivity index (χ2n) is 3.36. The molecule has 1 rings (SSSR count). The molecule has 0 aromatic carbocycles. The molecule has 1 aliphatic heterocycles. The van der Waals surface area contributed by atoms with Gasteiger partial charge in [-0.05, 0) is 6.42 Å². The third kappa shape index (κ3) is 20.1. The van der Waals surface area contributed by atoms with E-state index in [1.54, 1.807) is 6.08 Å². The van der Waals surface area contributed by atoms with Crippen LogP contribution >= 0.6 is 0 Å². The fourth-order valence-electron chi connectivity index (χ4n) is 1.03. The molecular weight excluding hydrogens is 244 g/mol. The molecule has 0 N–H and O–H groups in total. The third-order valence-electron chi connectivity index (χ3n) is 1.89. The van der Waals surface area contributed by atoms with Crippen molar-refractivity contribution in [3.8, 4) is 0 Å². The Morgan fingerprint density at radius 1 is 0.947 bits per heavy atom. The van der Waals surface area contributed by atoms with Crippen LogP contribution in [0.1, 0.15) is 36.1 Å². The van der Waals surface area contributed by atoms with Gasteiger partial charge < -0.3 is 18.9 Å². The lowest BCUT2D eigenvalue weighted by Gasteiger charge is -2.04. The van der Waals surface area contributed by atoms with Gasteiger partial charge in [0.2, 0.25) is 0 Å². The number of ether oxygens (including phenoxy) is 4. The van der Waals surface area contributed by atoms with Crippen molar-refractivity contribution in [3.63, 3.8) is 0 Å². The van der Waals surface area contributed by atoms with E-state index in [2.05, 4.69) is 6.58 Å². The van der Waals surface area contributed by atoms with Crippen LogP contribution in [0.3, 0.4) is 0 Å². The Morgan fingerprint density at radius 3 is 2.11 bits per heavy atom. The maximum absolute atomic E-state index is 5.35. The molecule has 0 amide bonds. The van der Waals surface area contributed by atoms with Crippen molar-refractivity contribution in [3.05, 3.63) is 12.7 Å². The van der Waals surface area contributed by atoms with Crippen LogP contribution in [-0.4, -0.2) is 52.4 Å². The summed E-state index contributed by atoms with van der Waals surface area (Å²) >= 11 is 0. The highest BCUT2D eigenvalue weighted by Crippen LogP contribution is 2.08. The zero-order valence-electron chi connectivity index (χ0n) is 9.15. The van der Waals surface area contributed by atoms with Crippen molar-refractivity contribution in [1.29, 1.82) is 0 Å². The van der Waals surface area contributed by atoms with Crippen LogP contribution in [0.4, 0.5) is 0 Å². The highest BCUT2D eigenvalue weighted by atomic mass is 16.6. The molecule has 0 radical (unpaired) electrons. The lowest BCUT2D eigenvalue weighted by molar-refractivity contribution is 0.0413.